The number of phenolic OH excluding ortho intramolecular Hbond substituents is 1. The third-order valence-corrected chi connectivity index (χ3v) is 7.53. The number of aryl methyl sites for hydroxylation is 3. The molecule has 1 saturated heterocycles. The van der Waals surface area contributed by atoms with E-state index in [9.17, 15) is 14.7 Å². The lowest BCUT2D eigenvalue weighted by molar-refractivity contribution is 0.00578. The molecule has 0 saturated carbocycles. The summed E-state index contributed by atoms with van der Waals surface area (Å²) in [4.78, 5) is 26.8. The molecule has 1 fully saturated rings. The summed E-state index contributed by atoms with van der Waals surface area (Å²) < 4.78 is 12.1. The van der Waals surface area contributed by atoms with E-state index < -0.39 is 5.91 Å². The Morgan fingerprint density at radius 1 is 0.952 bits per heavy atom. The number of hydrogen-bond donors (Lipinski definition) is 2. The molecule has 1 aliphatic heterocycles. The van der Waals surface area contributed by atoms with Crippen molar-refractivity contribution in [3.63, 3.8) is 0 Å². The van der Waals surface area contributed by atoms with E-state index in [0.717, 1.165) is 23.1 Å². The topological polar surface area (TPSA) is 88.1 Å². The summed E-state index contributed by atoms with van der Waals surface area (Å²) in [6.07, 6.45) is 3.34. The van der Waals surface area contributed by atoms with E-state index >= 15 is 0 Å². The van der Waals surface area contributed by atoms with E-state index in [-0.39, 0.29) is 35.4 Å². The zero-order valence-corrected chi connectivity index (χ0v) is 28.0. The number of carbonyl (C=O) groups excluding carboxylic acids is 2. The first-order chi connectivity index (χ1) is 19.3. The first-order valence-corrected chi connectivity index (χ1v) is 15.2. The van der Waals surface area contributed by atoms with Gasteiger partial charge in [-0.1, -0.05) is 70.7 Å². The van der Waals surface area contributed by atoms with Crippen molar-refractivity contribution >= 4 is 18.9 Å². The molecule has 0 aromatic heterocycles. The summed E-state index contributed by atoms with van der Waals surface area (Å²) in [7, 11) is -0.285. The highest BCUT2D eigenvalue weighted by Crippen LogP contribution is 2.38. The number of benzene rings is 2. The van der Waals surface area contributed by atoms with Gasteiger partial charge in [0.25, 0.3) is 11.8 Å². The van der Waals surface area contributed by atoms with E-state index in [0.29, 0.717) is 36.0 Å². The van der Waals surface area contributed by atoms with Gasteiger partial charge in [-0.3, -0.25) is 15.0 Å². The molecule has 0 atom stereocenters. The van der Waals surface area contributed by atoms with Gasteiger partial charge in [-0.15, -0.1) is 0 Å². The number of amides is 2. The van der Waals surface area contributed by atoms with Gasteiger partial charge in [-0.25, -0.2) is 5.01 Å². The van der Waals surface area contributed by atoms with Crippen LogP contribution in [0, 0.1) is 26.2 Å². The van der Waals surface area contributed by atoms with E-state index in [1.165, 1.54) is 11.4 Å². The highest BCUT2D eigenvalue weighted by atomic mass is 16.7. The zero-order valence-electron chi connectivity index (χ0n) is 28.0. The molecule has 8 heteroatoms. The summed E-state index contributed by atoms with van der Waals surface area (Å²) in [6.45, 7) is 24.3. The zero-order chi connectivity index (χ0) is 32.0. The lowest BCUT2D eigenvalue weighted by Gasteiger charge is -2.32. The van der Waals surface area contributed by atoms with Gasteiger partial charge < -0.3 is 14.4 Å². The first-order valence-electron chi connectivity index (χ1n) is 15.2. The minimum absolute atomic E-state index is 0.0968. The quantitative estimate of drug-likeness (QED) is 0.260. The van der Waals surface area contributed by atoms with Gasteiger partial charge in [0.2, 0.25) is 0 Å². The van der Waals surface area contributed by atoms with Gasteiger partial charge in [0.15, 0.2) is 0 Å². The highest BCUT2D eigenvalue weighted by Gasteiger charge is 2.50. The Balaban J connectivity index is 0.00000197. The average Bonchev–Trinajstić information content (AvgIpc) is 3.05. The molecule has 232 valence electrons. The van der Waals surface area contributed by atoms with Crippen molar-refractivity contribution in [1.82, 2.24) is 10.4 Å². The maximum atomic E-state index is 13.4. The van der Waals surface area contributed by atoms with Crippen LogP contribution in [0.2, 0.25) is 6.32 Å². The van der Waals surface area contributed by atoms with Crippen LogP contribution >= 0.6 is 0 Å². The molecule has 2 amide bonds. The molecule has 0 unspecified atom stereocenters. The predicted molar refractivity (Wildman–Crippen MR) is 172 cm³/mol. The van der Waals surface area contributed by atoms with Crippen LogP contribution in [-0.2, 0) is 15.7 Å². The largest absolute Gasteiger partial charge is 0.507 e. The Hall–Kier alpha value is -2.84. The van der Waals surface area contributed by atoms with Crippen molar-refractivity contribution in [3.8, 4) is 5.75 Å². The van der Waals surface area contributed by atoms with Gasteiger partial charge in [0, 0.05) is 23.2 Å². The molecule has 2 N–H and O–H groups in total. The molecule has 42 heavy (non-hydrogen) atoms. The third-order valence-electron chi connectivity index (χ3n) is 7.53. The van der Waals surface area contributed by atoms with Crippen molar-refractivity contribution < 1.29 is 24.0 Å². The molecule has 0 spiro atoms. The van der Waals surface area contributed by atoms with Crippen LogP contribution in [-0.4, -0.2) is 46.8 Å². The fourth-order valence-electron chi connectivity index (χ4n) is 4.82. The maximum absolute atomic E-state index is 13.4. The van der Waals surface area contributed by atoms with Crippen LogP contribution in [0.1, 0.15) is 118 Å². The van der Waals surface area contributed by atoms with Crippen LogP contribution in [0.4, 0.5) is 0 Å². The molecule has 3 rings (SSSR count). The van der Waals surface area contributed by atoms with Gasteiger partial charge in [0.05, 0.1) is 11.2 Å². The molecule has 0 aliphatic carbocycles. The molecule has 2 aromatic rings. The fourth-order valence-corrected chi connectivity index (χ4v) is 4.82. The van der Waals surface area contributed by atoms with Crippen LogP contribution in [0.15, 0.2) is 30.3 Å². The van der Waals surface area contributed by atoms with Gasteiger partial charge in [-0.2, -0.15) is 0 Å². The monoisotopic (exact) mass is 580 g/mol. The Kier molecular flexibility index (Phi) is 11.9. The van der Waals surface area contributed by atoms with Crippen LogP contribution < -0.4 is 5.43 Å². The lowest BCUT2D eigenvalue weighted by atomic mass is 9.81. The van der Waals surface area contributed by atoms with Crippen molar-refractivity contribution in [2.24, 2.45) is 5.41 Å². The van der Waals surface area contributed by atoms with Crippen molar-refractivity contribution in [2.75, 3.05) is 6.54 Å². The molecular formula is C34H53BN2O5. The van der Waals surface area contributed by atoms with Crippen molar-refractivity contribution in [1.29, 1.82) is 0 Å². The lowest BCUT2D eigenvalue weighted by Crippen LogP contribution is -2.49. The second-order valence-electron chi connectivity index (χ2n) is 13.8. The van der Waals surface area contributed by atoms with Crippen LogP contribution in [0.3, 0.4) is 0 Å². The normalized spacial score (nSPS) is 15.6. The van der Waals surface area contributed by atoms with Crippen LogP contribution in [0.5, 0.6) is 5.75 Å². The Labute approximate surface area is 254 Å². The van der Waals surface area contributed by atoms with Crippen molar-refractivity contribution in [3.05, 3.63) is 63.7 Å². The minimum Gasteiger partial charge on any atom is -0.507 e. The summed E-state index contributed by atoms with van der Waals surface area (Å²) in [5.41, 5.74) is 5.88. The summed E-state index contributed by atoms with van der Waals surface area (Å²) in [6, 6.07) is 9.15. The highest BCUT2D eigenvalue weighted by molar-refractivity contribution is 6.45. The number of rotatable bonds is 7. The SMILES string of the molecule is CCC.Cc1cc(C)cc(C(=O)N(CC(C)(C)C)NC(=O)c2ccc(CCCB3OC(C)(C)C(C)(C)O3)c(O)c2C)c1. The van der Waals surface area contributed by atoms with Crippen LogP contribution in [0.25, 0.3) is 0 Å². The van der Waals surface area contributed by atoms with E-state index in [1.807, 2.05) is 80.5 Å². The Morgan fingerprint density at radius 3 is 1.98 bits per heavy atom. The molecule has 1 aliphatic rings. The first kappa shape index (κ1) is 35.4. The number of hydrogen-bond acceptors (Lipinski definition) is 5. The number of phenols is 1. The molecule has 0 bridgehead atoms. The summed E-state index contributed by atoms with van der Waals surface area (Å²) in [5, 5.41) is 12.3. The minimum atomic E-state index is -0.437. The molecular weight excluding hydrogens is 527 g/mol. The molecule has 2 aromatic carbocycles. The van der Waals surface area contributed by atoms with E-state index in [1.54, 1.807) is 19.1 Å². The third kappa shape index (κ3) is 9.33. The summed E-state index contributed by atoms with van der Waals surface area (Å²) in [5.74, 6) is -0.612. The standard InChI is InChI=1S/C31H45BN2O5.C3H8/c1-20-16-21(2)18-24(17-20)28(37)34(19-29(4,5)6)33-27(36)25-14-13-23(26(35)22(25)3)12-11-15-32-38-30(7,8)31(9,10)39-32;1-3-2/h13-14,16-18,35H,11-12,15,19H2,1-10H3,(H,33,36);3H2,1-2H3. The number of hydrazine groups is 1. The second-order valence-corrected chi connectivity index (χ2v) is 13.8. The smallest absolute Gasteiger partial charge is 0.457 e. The second kappa shape index (κ2) is 14.1. The fraction of sp³-hybridized carbons (Fsp3) is 0.588. The van der Waals surface area contributed by atoms with Gasteiger partial charge in [-0.05, 0) is 90.4 Å². The number of nitrogens with zero attached hydrogens (tertiary/aromatic N) is 1. The average molecular weight is 581 g/mol. The van der Waals surface area contributed by atoms with E-state index in [2.05, 4.69) is 19.3 Å². The molecule has 7 nitrogen and oxygen atoms in total. The molecule has 1 heterocycles. The molecule has 0 radical (unpaired) electrons. The van der Waals surface area contributed by atoms with Gasteiger partial charge in [0.1, 0.15) is 5.75 Å². The number of aromatic hydroxyl groups is 1. The maximum Gasteiger partial charge on any atom is 0.457 e. The number of nitrogens with one attached hydrogen (secondary N) is 1. The number of carbonyl (C=O) groups is 2. The Morgan fingerprint density at radius 2 is 1.48 bits per heavy atom. The van der Waals surface area contributed by atoms with E-state index in [4.69, 9.17) is 9.31 Å². The Bertz CT molecular complexity index is 1210. The predicted octanol–water partition coefficient (Wildman–Crippen LogP) is 7.59. The van der Waals surface area contributed by atoms with Crippen molar-refractivity contribution in [2.45, 2.75) is 120 Å². The van der Waals surface area contributed by atoms with Gasteiger partial charge >= 0.3 is 7.12 Å². The summed E-state index contributed by atoms with van der Waals surface area (Å²) >= 11 is 0.